The number of nitrogens with zero attached hydrogens (tertiary/aromatic N) is 5. The highest BCUT2D eigenvalue weighted by atomic mass is 32.2. The van der Waals surface area contributed by atoms with Crippen LogP contribution in [-0.4, -0.2) is 50.9 Å². The number of ether oxygens (including phenoxy) is 1. The van der Waals surface area contributed by atoms with Crippen molar-refractivity contribution in [1.82, 2.24) is 25.1 Å². The number of tetrazole rings is 1. The normalized spacial score (nSPS) is 10.5. The molecule has 8 heteroatoms. The smallest absolute Gasteiger partial charge is 0.233 e. The molecule has 0 atom stereocenters. The molecule has 0 bridgehead atoms. The van der Waals surface area contributed by atoms with Crippen LogP contribution in [0.1, 0.15) is 5.56 Å². The summed E-state index contributed by atoms with van der Waals surface area (Å²) in [7, 11) is 3.39. The molecule has 0 aliphatic carbocycles. The van der Waals surface area contributed by atoms with E-state index >= 15 is 0 Å². The molecule has 3 aromatic rings. The molecule has 0 fully saturated rings. The molecule has 7 nitrogen and oxygen atoms in total. The maximum absolute atomic E-state index is 12.4. The van der Waals surface area contributed by atoms with Crippen molar-refractivity contribution < 1.29 is 9.53 Å². The fourth-order valence-electron chi connectivity index (χ4n) is 2.41. The summed E-state index contributed by atoms with van der Waals surface area (Å²) in [6.07, 6.45) is 0. The third kappa shape index (κ3) is 4.20. The summed E-state index contributed by atoms with van der Waals surface area (Å²) in [5.74, 6) is 0.918. The Kier molecular flexibility index (Phi) is 5.85. The summed E-state index contributed by atoms with van der Waals surface area (Å²) in [4.78, 5) is 14.1. The summed E-state index contributed by atoms with van der Waals surface area (Å²) < 4.78 is 6.93. The van der Waals surface area contributed by atoms with Gasteiger partial charge in [0, 0.05) is 13.6 Å². The third-order valence-corrected chi connectivity index (χ3v) is 4.67. The molecule has 134 valence electrons. The molecular weight excluding hydrogens is 350 g/mol. The van der Waals surface area contributed by atoms with Gasteiger partial charge in [-0.05, 0) is 28.1 Å². The first-order chi connectivity index (χ1) is 12.7. The minimum Gasteiger partial charge on any atom is -0.494 e. The highest BCUT2D eigenvalue weighted by Gasteiger charge is 2.16. The fraction of sp³-hybridized carbons (Fsp3) is 0.222. The Morgan fingerprint density at radius 3 is 2.65 bits per heavy atom. The standard InChI is InChI=1S/C18H19N5O2S/c1-22(12-14-8-4-3-5-9-14)17(24)13-26-18-19-20-21-23(18)15-10-6-7-11-16(15)25-2/h3-11H,12-13H2,1-2H3. The Morgan fingerprint density at radius 2 is 1.88 bits per heavy atom. The molecular formula is C18H19N5O2S. The van der Waals surface area contributed by atoms with Crippen LogP contribution in [0.2, 0.25) is 0 Å². The van der Waals surface area contributed by atoms with Crippen LogP contribution >= 0.6 is 11.8 Å². The third-order valence-electron chi connectivity index (χ3n) is 3.77. The molecule has 0 aliphatic heterocycles. The lowest BCUT2D eigenvalue weighted by Gasteiger charge is -2.17. The van der Waals surface area contributed by atoms with Gasteiger partial charge in [0.25, 0.3) is 0 Å². The Labute approximate surface area is 156 Å². The molecule has 3 rings (SSSR count). The van der Waals surface area contributed by atoms with Gasteiger partial charge in [0.2, 0.25) is 11.1 Å². The number of rotatable bonds is 7. The van der Waals surface area contributed by atoms with E-state index < -0.39 is 0 Å². The average Bonchev–Trinajstić information content (AvgIpc) is 3.15. The summed E-state index contributed by atoms with van der Waals surface area (Å²) in [5, 5.41) is 12.3. The Bertz CT molecular complexity index is 869. The number of amides is 1. The quantitative estimate of drug-likeness (QED) is 0.596. The van der Waals surface area contributed by atoms with E-state index in [-0.39, 0.29) is 11.7 Å². The van der Waals surface area contributed by atoms with Gasteiger partial charge in [0.1, 0.15) is 11.4 Å². The van der Waals surface area contributed by atoms with Crippen molar-refractivity contribution in [2.45, 2.75) is 11.7 Å². The highest BCUT2D eigenvalue weighted by molar-refractivity contribution is 7.99. The number of carbonyl (C=O) groups is 1. The van der Waals surface area contributed by atoms with Gasteiger partial charge in [-0.25, -0.2) is 0 Å². The molecule has 2 aromatic carbocycles. The number of hydrogen-bond donors (Lipinski definition) is 0. The van der Waals surface area contributed by atoms with Crippen molar-refractivity contribution in [1.29, 1.82) is 0 Å². The molecule has 0 unspecified atom stereocenters. The van der Waals surface area contributed by atoms with Gasteiger partial charge in [-0.15, -0.1) is 5.10 Å². The minimum absolute atomic E-state index is 0.00781. The van der Waals surface area contributed by atoms with Crippen molar-refractivity contribution in [2.24, 2.45) is 0 Å². The highest BCUT2D eigenvalue weighted by Crippen LogP contribution is 2.25. The molecule has 0 spiro atoms. The van der Waals surface area contributed by atoms with Crippen molar-refractivity contribution >= 4 is 17.7 Å². The first-order valence-corrected chi connectivity index (χ1v) is 9.00. The number of carbonyl (C=O) groups excluding carboxylic acids is 1. The fourth-order valence-corrected chi connectivity index (χ4v) is 3.23. The largest absolute Gasteiger partial charge is 0.494 e. The van der Waals surface area contributed by atoms with E-state index in [4.69, 9.17) is 4.74 Å². The predicted molar refractivity (Wildman–Crippen MR) is 99.3 cm³/mol. The first-order valence-electron chi connectivity index (χ1n) is 8.01. The number of aromatic nitrogens is 4. The molecule has 0 saturated heterocycles. The van der Waals surface area contributed by atoms with Crippen LogP contribution in [0.15, 0.2) is 59.8 Å². The monoisotopic (exact) mass is 369 g/mol. The van der Waals surface area contributed by atoms with E-state index in [0.717, 1.165) is 11.3 Å². The van der Waals surface area contributed by atoms with Crippen LogP contribution < -0.4 is 4.74 Å². The predicted octanol–water partition coefficient (Wildman–Crippen LogP) is 2.42. The van der Waals surface area contributed by atoms with Crippen molar-refractivity contribution in [3.63, 3.8) is 0 Å². The van der Waals surface area contributed by atoms with Gasteiger partial charge in [-0.3, -0.25) is 4.79 Å². The Morgan fingerprint density at radius 1 is 1.15 bits per heavy atom. The minimum atomic E-state index is 0.00781. The van der Waals surface area contributed by atoms with Crippen molar-refractivity contribution in [3.05, 3.63) is 60.2 Å². The number of thioether (sulfide) groups is 1. The number of methoxy groups -OCH3 is 1. The van der Waals surface area contributed by atoms with Crippen LogP contribution in [0.3, 0.4) is 0 Å². The van der Waals surface area contributed by atoms with Crippen LogP contribution in [0.4, 0.5) is 0 Å². The molecule has 1 amide bonds. The average molecular weight is 369 g/mol. The van der Waals surface area contributed by atoms with E-state index in [1.165, 1.54) is 11.8 Å². The second-order valence-electron chi connectivity index (χ2n) is 5.57. The van der Waals surface area contributed by atoms with Gasteiger partial charge in [-0.1, -0.05) is 54.2 Å². The maximum atomic E-state index is 12.4. The van der Waals surface area contributed by atoms with Gasteiger partial charge in [0.15, 0.2) is 0 Å². The van der Waals surface area contributed by atoms with E-state index in [2.05, 4.69) is 15.5 Å². The van der Waals surface area contributed by atoms with E-state index in [0.29, 0.717) is 17.5 Å². The first kappa shape index (κ1) is 17.9. The van der Waals surface area contributed by atoms with Crippen molar-refractivity contribution in [3.8, 4) is 11.4 Å². The van der Waals surface area contributed by atoms with Gasteiger partial charge < -0.3 is 9.64 Å². The van der Waals surface area contributed by atoms with Crippen LogP contribution in [0.5, 0.6) is 5.75 Å². The lowest BCUT2D eigenvalue weighted by molar-refractivity contribution is -0.127. The summed E-state index contributed by atoms with van der Waals surface area (Å²) >= 11 is 1.29. The van der Waals surface area contributed by atoms with E-state index in [9.17, 15) is 4.79 Å². The zero-order valence-corrected chi connectivity index (χ0v) is 15.4. The summed E-state index contributed by atoms with van der Waals surface area (Å²) in [6, 6.07) is 17.3. The molecule has 0 aliphatic rings. The van der Waals surface area contributed by atoms with Gasteiger partial charge in [-0.2, -0.15) is 4.68 Å². The molecule has 0 N–H and O–H groups in total. The Hall–Kier alpha value is -2.87. The molecule has 1 heterocycles. The van der Waals surface area contributed by atoms with Gasteiger partial charge >= 0.3 is 0 Å². The lowest BCUT2D eigenvalue weighted by Crippen LogP contribution is -2.27. The molecule has 1 aromatic heterocycles. The number of hydrogen-bond acceptors (Lipinski definition) is 6. The zero-order valence-electron chi connectivity index (χ0n) is 14.6. The maximum Gasteiger partial charge on any atom is 0.233 e. The number of para-hydroxylation sites is 2. The summed E-state index contributed by atoms with van der Waals surface area (Å²) in [5.41, 5.74) is 1.82. The van der Waals surface area contributed by atoms with Crippen molar-refractivity contribution in [2.75, 3.05) is 19.9 Å². The SMILES string of the molecule is COc1ccccc1-n1nnnc1SCC(=O)N(C)Cc1ccccc1. The van der Waals surface area contributed by atoms with Crippen LogP contribution in [-0.2, 0) is 11.3 Å². The molecule has 26 heavy (non-hydrogen) atoms. The second-order valence-corrected chi connectivity index (χ2v) is 6.51. The molecule has 0 saturated carbocycles. The van der Waals surface area contributed by atoms with Crippen LogP contribution in [0, 0.1) is 0 Å². The Balaban J connectivity index is 1.65. The number of benzene rings is 2. The second kappa shape index (κ2) is 8.48. The zero-order chi connectivity index (χ0) is 18.4. The lowest BCUT2D eigenvalue weighted by atomic mass is 10.2. The van der Waals surface area contributed by atoms with E-state index in [1.807, 2.05) is 54.6 Å². The van der Waals surface area contributed by atoms with Crippen LogP contribution in [0.25, 0.3) is 5.69 Å². The van der Waals surface area contributed by atoms with Gasteiger partial charge in [0.05, 0.1) is 12.9 Å². The van der Waals surface area contributed by atoms with E-state index in [1.54, 1.807) is 23.7 Å². The molecule has 0 radical (unpaired) electrons. The summed E-state index contributed by atoms with van der Waals surface area (Å²) in [6.45, 7) is 0.567. The topological polar surface area (TPSA) is 73.1 Å².